The van der Waals surface area contributed by atoms with Crippen molar-refractivity contribution >= 4 is 11.9 Å². The minimum absolute atomic E-state index is 0.889. The van der Waals surface area contributed by atoms with E-state index in [4.69, 9.17) is 4.42 Å². The van der Waals surface area contributed by atoms with Gasteiger partial charge in [-0.2, -0.15) is 0 Å². The summed E-state index contributed by atoms with van der Waals surface area (Å²) in [6, 6.07) is 10.3. The lowest BCUT2D eigenvalue weighted by Gasteiger charge is -1.98. The molecule has 1 aliphatic carbocycles. The third-order valence-corrected chi connectivity index (χ3v) is 2.25. The average molecular weight is 197 g/mol. The second-order valence-electron chi connectivity index (χ2n) is 3.33. The van der Waals surface area contributed by atoms with Gasteiger partial charge in [-0.3, -0.25) is 4.42 Å². The fourth-order valence-corrected chi connectivity index (χ4v) is 1.44. The molecule has 15 heavy (non-hydrogen) atoms. The van der Waals surface area contributed by atoms with Crippen molar-refractivity contribution in [1.29, 1.82) is 0 Å². The van der Waals surface area contributed by atoms with E-state index in [2.05, 4.69) is 18.2 Å². The minimum atomic E-state index is 0.889. The summed E-state index contributed by atoms with van der Waals surface area (Å²) in [7, 11) is 1.68. The second kappa shape index (κ2) is 4.56. The Balaban J connectivity index is 2.22. The Morgan fingerprint density at radius 3 is 2.20 bits per heavy atom. The van der Waals surface area contributed by atoms with Gasteiger partial charge >= 0.3 is 5.78 Å². The van der Waals surface area contributed by atoms with Crippen LogP contribution in [0, 0.1) is 0 Å². The average Bonchev–Trinajstić information content (AvgIpc) is 2.31. The van der Waals surface area contributed by atoms with E-state index in [0.717, 1.165) is 5.78 Å². The third-order valence-electron chi connectivity index (χ3n) is 2.25. The van der Waals surface area contributed by atoms with Gasteiger partial charge in [-0.05, 0) is 29.4 Å². The van der Waals surface area contributed by atoms with Crippen LogP contribution >= 0.6 is 0 Å². The highest BCUT2D eigenvalue weighted by molar-refractivity contribution is 6.02. The van der Waals surface area contributed by atoms with Crippen molar-refractivity contribution in [3.63, 3.8) is 0 Å². The summed E-state index contributed by atoms with van der Waals surface area (Å²) < 4.78 is 5.11. The fraction of sp³-hybridized carbons (Fsp3) is 0.0714. The van der Waals surface area contributed by atoms with E-state index < -0.39 is 0 Å². The summed E-state index contributed by atoms with van der Waals surface area (Å²) in [4.78, 5) is 0. The van der Waals surface area contributed by atoms with Crippen molar-refractivity contribution in [3.05, 3.63) is 65.8 Å². The topological polar surface area (TPSA) is 11.3 Å². The van der Waals surface area contributed by atoms with Crippen molar-refractivity contribution < 1.29 is 4.42 Å². The van der Waals surface area contributed by atoms with Crippen LogP contribution in [0.25, 0.3) is 6.08 Å². The summed E-state index contributed by atoms with van der Waals surface area (Å²) in [6.45, 7) is 0. The van der Waals surface area contributed by atoms with E-state index in [0.29, 0.717) is 0 Å². The fourth-order valence-electron chi connectivity index (χ4n) is 1.44. The summed E-state index contributed by atoms with van der Waals surface area (Å²) in [5.74, 6) is 0.889. The normalized spacial score (nSPS) is 14.2. The van der Waals surface area contributed by atoms with Crippen LogP contribution in [0.3, 0.4) is 0 Å². The van der Waals surface area contributed by atoms with Crippen LogP contribution in [0.5, 0.6) is 0 Å². The molecule has 1 nitrogen and oxygen atoms in total. The maximum atomic E-state index is 5.11. The van der Waals surface area contributed by atoms with Gasteiger partial charge in [-0.15, -0.1) is 0 Å². The number of ketones is 1. The van der Waals surface area contributed by atoms with Gasteiger partial charge in [0.1, 0.15) is 0 Å². The largest absolute Gasteiger partial charge is 0.343 e. The molecule has 74 valence electrons. The predicted molar refractivity (Wildman–Crippen MR) is 63.6 cm³/mol. The van der Waals surface area contributed by atoms with Gasteiger partial charge in [0.15, 0.2) is 0 Å². The highest BCUT2D eigenvalue weighted by Crippen LogP contribution is 2.11. The third kappa shape index (κ3) is 2.53. The minimum Gasteiger partial charge on any atom is -0.258 e. The van der Waals surface area contributed by atoms with Crippen LogP contribution in [0.4, 0.5) is 0 Å². The molecule has 0 amide bonds. The number of hydrogen-bond donors (Lipinski definition) is 0. The summed E-state index contributed by atoms with van der Waals surface area (Å²) in [5, 5.41) is 0. The highest BCUT2D eigenvalue weighted by atomic mass is 16.4. The monoisotopic (exact) mass is 197 g/mol. The van der Waals surface area contributed by atoms with Crippen molar-refractivity contribution in [1.82, 2.24) is 0 Å². The zero-order chi connectivity index (χ0) is 10.5. The maximum Gasteiger partial charge on any atom is 0.343 e. The molecule has 1 aromatic carbocycles. The molecule has 0 saturated heterocycles. The lowest BCUT2D eigenvalue weighted by Crippen LogP contribution is -1.95. The Hall–Kier alpha value is -1.89. The Morgan fingerprint density at radius 1 is 0.933 bits per heavy atom. The first kappa shape index (κ1) is 9.66. The van der Waals surface area contributed by atoms with E-state index in [1.165, 1.54) is 11.1 Å². The zero-order valence-electron chi connectivity index (χ0n) is 8.68. The first-order valence-electron chi connectivity index (χ1n) is 4.92. The van der Waals surface area contributed by atoms with Gasteiger partial charge in [0, 0.05) is 12.2 Å². The molecule has 0 atom stereocenters. The van der Waals surface area contributed by atoms with Gasteiger partial charge in [0.05, 0.1) is 0 Å². The Morgan fingerprint density at radius 2 is 1.60 bits per heavy atom. The molecule has 0 unspecified atom stereocenters. The molecular weight excluding hydrogens is 184 g/mol. The van der Waals surface area contributed by atoms with Crippen LogP contribution in [0.1, 0.15) is 5.56 Å². The highest BCUT2D eigenvalue weighted by Gasteiger charge is 2.04. The molecule has 1 aromatic rings. The smallest absolute Gasteiger partial charge is 0.258 e. The van der Waals surface area contributed by atoms with E-state index in [-0.39, 0.29) is 0 Å². The van der Waals surface area contributed by atoms with Crippen LogP contribution in [0.2, 0.25) is 0 Å². The standard InChI is InChI=1S/C14H13O/c1-15-14-9-7-13(8-10-14)11-12-5-3-2-4-6-12/h2-11H,1H3/q+1. The molecule has 2 rings (SSSR count). The van der Waals surface area contributed by atoms with Gasteiger partial charge < -0.3 is 0 Å². The number of benzene rings is 1. The number of hydrogen-bond acceptors (Lipinski definition) is 0. The Labute approximate surface area is 89.8 Å². The lowest BCUT2D eigenvalue weighted by atomic mass is 10.1. The van der Waals surface area contributed by atoms with Crippen LogP contribution < -0.4 is 0 Å². The Bertz CT molecular complexity index is 429. The van der Waals surface area contributed by atoms with Crippen molar-refractivity contribution in [2.24, 2.45) is 0 Å². The van der Waals surface area contributed by atoms with Crippen LogP contribution in [-0.4, -0.2) is 12.9 Å². The molecule has 0 spiro atoms. The molecule has 0 radical (unpaired) electrons. The molecule has 1 heteroatoms. The van der Waals surface area contributed by atoms with Crippen molar-refractivity contribution in [3.8, 4) is 0 Å². The first-order chi connectivity index (χ1) is 7.38. The molecular formula is C14H13O+. The van der Waals surface area contributed by atoms with E-state index >= 15 is 0 Å². The zero-order valence-corrected chi connectivity index (χ0v) is 8.68. The molecule has 0 N–H and O–H groups in total. The van der Waals surface area contributed by atoms with Crippen molar-refractivity contribution in [2.45, 2.75) is 0 Å². The van der Waals surface area contributed by atoms with E-state index in [1.807, 2.05) is 42.5 Å². The van der Waals surface area contributed by atoms with Gasteiger partial charge in [-0.25, -0.2) is 0 Å². The summed E-state index contributed by atoms with van der Waals surface area (Å²) in [6.07, 6.45) is 10.2. The van der Waals surface area contributed by atoms with E-state index in [9.17, 15) is 0 Å². The molecule has 1 aliphatic rings. The number of allylic oxidation sites excluding steroid dienone is 5. The molecule has 0 aromatic heterocycles. The molecule has 0 aliphatic heterocycles. The molecule has 0 bridgehead atoms. The molecule has 0 heterocycles. The number of carbonyl (C=O) groups excluding carboxylic acids is 1. The summed E-state index contributed by atoms with van der Waals surface area (Å²) >= 11 is 0. The second-order valence-corrected chi connectivity index (χ2v) is 3.33. The number of rotatable bonds is 1. The lowest BCUT2D eigenvalue weighted by molar-refractivity contribution is -0.417. The van der Waals surface area contributed by atoms with Gasteiger partial charge in [0.25, 0.3) is 7.11 Å². The van der Waals surface area contributed by atoms with Crippen molar-refractivity contribution in [2.75, 3.05) is 7.11 Å². The Kier molecular flexibility index (Phi) is 2.93. The van der Waals surface area contributed by atoms with Gasteiger partial charge in [-0.1, -0.05) is 30.3 Å². The van der Waals surface area contributed by atoms with Crippen LogP contribution in [-0.2, 0) is 4.42 Å². The molecule has 0 saturated carbocycles. The van der Waals surface area contributed by atoms with Crippen LogP contribution in [0.15, 0.2) is 60.2 Å². The first-order valence-corrected chi connectivity index (χ1v) is 4.92. The van der Waals surface area contributed by atoms with E-state index in [1.54, 1.807) is 7.11 Å². The van der Waals surface area contributed by atoms with Gasteiger partial charge in [0.2, 0.25) is 0 Å². The quantitative estimate of drug-likeness (QED) is 0.613. The maximum absolute atomic E-state index is 5.11. The molecule has 0 fully saturated rings. The summed E-state index contributed by atoms with van der Waals surface area (Å²) in [5.41, 5.74) is 2.39. The SMILES string of the molecule is C[O+]=C1C=CC(=Cc2ccccc2)C=C1. The predicted octanol–water partition coefficient (Wildman–Crippen LogP) is 2.93.